The van der Waals surface area contributed by atoms with Gasteiger partial charge in [-0.1, -0.05) is 11.6 Å². The summed E-state index contributed by atoms with van der Waals surface area (Å²) in [5.41, 5.74) is -0.704. The van der Waals surface area contributed by atoms with Gasteiger partial charge in [0.15, 0.2) is 0 Å². The van der Waals surface area contributed by atoms with E-state index in [0.29, 0.717) is 18.8 Å². The second kappa shape index (κ2) is 6.01. The highest BCUT2D eigenvalue weighted by molar-refractivity contribution is 6.30. The first kappa shape index (κ1) is 16.1. The lowest BCUT2D eigenvalue weighted by Crippen LogP contribution is -2.23. The third-order valence-corrected chi connectivity index (χ3v) is 2.41. The Morgan fingerprint density at radius 3 is 2.32 bits per heavy atom. The maximum atomic E-state index is 12.6. The van der Waals surface area contributed by atoms with E-state index in [1.54, 1.807) is 0 Å². The zero-order valence-electron chi connectivity index (χ0n) is 11.1. The van der Waals surface area contributed by atoms with Crippen molar-refractivity contribution in [3.63, 3.8) is 0 Å². The molecule has 0 saturated carbocycles. The first-order chi connectivity index (χ1) is 8.58. The molecule has 6 heteroatoms. The molecule has 0 aliphatic carbocycles. The molecule has 0 heterocycles. The maximum Gasteiger partial charge on any atom is 0.416 e. The molecule has 1 N–H and O–H groups in total. The number of rotatable bonds is 4. The Hall–Kier alpha value is -0.940. The topological polar surface area (TPSA) is 21.3 Å². The van der Waals surface area contributed by atoms with Gasteiger partial charge in [-0.3, -0.25) is 0 Å². The Morgan fingerprint density at radius 1 is 1.16 bits per heavy atom. The average molecular weight is 296 g/mol. The van der Waals surface area contributed by atoms with Crippen LogP contribution in [-0.2, 0) is 10.9 Å². The smallest absolute Gasteiger partial charge is 0.383 e. The highest BCUT2D eigenvalue weighted by Gasteiger charge is 2.31. The maximum absolute atomic E-state index is 12.6. The Morgan fingerprint density at radius 2 is 1.79 bits per heavy atom. The van der Waals surface area contributed by atoms with Gasteiger partial charge in [-0.25, -0.2) is 0 Å². The molecule has 1 aromatic rings. The van der Waals surface area contributed by atoms with E-state index in [0.717, 1.165) is 12.1 Å². The quantitative estimate of drug-likeness (QED) is 0.821. The Bertz CT molecular complexity index is 427. The zero-order chi connectivity index (χ0) is 14.7. The molecule has 0 fully saturated rings. The summed E-state index contributed by atoms with van der Waals surface area (Å²) in [5, 5.41) is 2.91. The van der Waals surface area contributed by atoms with E-state index in [1.165, 1.54) is 6.07 Å². The van der Waals surface area contributed by atoms with Gasteiger partial charge in [-0.15, -0.1) is 0 Å². The molecule has 0 atom stereocenters. The number of ether oxygens (including phenoxy) is 1. The van der Waals surface area contributed by atoms with Gasteiger partial charge in [0, 0.05) is 17.3 Å². The molecule has 1 aromatic carbocycles. The predicted molar refractivity (Wildman–Crippen MR) is 70.6 cm³/mol. The SMILES string of the molecule is CC(C)(C)OCCNc1cc(Cl)cc(C(F)(F)F)c1. The van der Waals surface area contributed by atoms with Crippen LogP contribution in [0.15, 0.2) is 18.2 Å². The lowest BCUT2D eigenvalue weighted by atomic mass is 10.2. The van der Waals surface area contributed by atoms with E-state index in [2.05, 4.69) is 5.32 Å². The first-order valence-corrected chi connectivity index (χ1v) is 6.21. The summed E-state index contributed by atoms with van der Waals surface area (Å²) in [5.74, 6) is 0. The van der Waals surface area contributed by atoms with Crippen LogP contribution in [0.4, 0.5) is 18.9 Å². The van der Waals surface area contributed by atoms with E-state index >= 15 is 0 Å². The van der Waals surface area contributed by atoms with Crippen molar-refractivity contribution in [2.45, 2.75) is 32.5 Å². The summed E-state index contributed by atoms with van der Waals surface area (Å²) in [6.07, 6.45) is -4.40. The van der Waals surface area contributed by atoms with Gasteiger partial charge in [0.1, 0.15) is 0 Å². The van der Waals surface area contributed by atoms with Gasteiger partial charge >= 0.3 is 6.18 Å². The minimum atomic E-state index is -4.40. The van der Waals surface area contributed by atoms with Crippen LogP contribution >= 0.6 is 11.6 Å². The molecule has 0 bridgehead atoms. The highest BCUT2D eigenvalue weighted by Crippen LogP contribution is 2.33. The van der Waals surface area contributed by atoms with Crippen LogP contribution in [0.3, 0.4) is 0 Å². The number of halogens is 4. The van der Waals surface area contributed by atoms with Gasteiger partial charge in [0.25, 0.3) is 0 Å². The number of anilines is 1. The minimum absolute atomic E-state index is 0.0501. The predicted octanol–water partition coefficient (Wildman–Crippen LogP) is 4.59. The summed E-state index contributed by atoms with van der Waals surface area (Å²) in [4.78, 5) is 0. The fourth-order valence-electron chi connectivity index (χ4n) is 1.41. The fraction of sp³-hybridized carbons (Fsp3) is 0.538. The number of hydrogen-bond acceptors (Lipinski definition) is 2. The van der Waals surface area contributed by atoms with Crippen molar-refractivity contribution in [1.82, 2.24) is 0 Å². The largest absolute Gasteiger partial charge is 0.416 e. The highest BCUT2D eigenvalue weighted by atomic mass is 35.5. The van der Waals surface area contributed by atoms with Crippen molar-refractivity contribution in [1.29, 1.82) is 0 Å². The van der Waals surface area contributed by atoms with Crippen LogP contribution < -0.4 is 5.32 Å². The van der Waals surface area contributed by atoms with Gasteiger partial charge < -0.3 is 10.1 Å². The van der Waals surface area contributed by atoms with Crippen LogP contribution in [0.1, 0.15) is 26.3 Å². The molecule has 0 unspecified atom stereocenters. The summed E-state index contributed by atoms with van der Waals surface area (Å²) in [7, 11) is 0. The second-order valence-electron chi connectivity index (χ2n) is 5.11. The molecule has 1 rings (SSSR count). The number of nitrogens with one attached hydrogen (secondary N) is 1. The summed E-state index contributed by atoms with van der Waals surface area (Å²) < 4.78 is 43.2. The molecular weight excluding hydrogens is 279 g/mol. The molecular formula is C13H17ClF3NO. The number of benzene rings is 1. The van der Waals surface area contributed by atoms with Gasteiger partial charge in [0.05, 0.1) is 17.8 Å². The Balaban J connectivity index is 2.62. The van der Waals surface area contributed by atoms with Crippen molar-refractivity contribution in [2.24, 2.45) is 0 Å². The van der Waals surface area contributed by atoms with Crippen LogP contribution in [-0.4, -0.2) is 18.8 Å². The van der Waals surface area contributed by atoms with Crippen LogP contribution in [0, 0.1) is 0 Å². The molecule has 0 aliphatic heterocycles. The number of hydrogen-bond donors (Lipinski definition) is 1. The standard InChI is InChI=1S/C13H17ClF3NO/c1-12(2,3)19-5-4-18-11-7-9(13(15,16)17)6-10(14)8-11/h6-8,18H,4-5H2,1-3H3. The summed E-state index contributed by atoms with van der Waals surface area (Å²) in [6.45, 7) is 6.54. The molecule has 19 heavy (non-hydrogen) atoms. The van der Waals surface area contributed by atoms with E-state index < -0.39 is 11.7 Å². The molecule has 2 nitrogen and oxygen atoms in total. The average Bonchev–Trinajstić information content (AvgIpc) is 2.21. The molecule has 0 amide bonds. The molecule has 0 radical (unpaired) electrons. The molecule has 0 spiro atoms. The van der Waals surface area contributed by atoms with Crippen molar-refractivity contribution in [3.05, 3.63) is 28.8 Å². The lowest BCUT2D eigenvalue weighted by molar-refractivity contribution is -0.137. The normalized spacial score (nSPS) is 12.6. The summed E-state index contributed by atoms with van der Waals surface area (Å²) >= 11 is 5.67. The third-order valence-electron chi connectivity index (χ3n) is 2.19. The van der Waals surface area contributed by atoms with E-state index in [-0.39, 0.29) is 10.6 Å². The Kier molecular flexibility index (Phi) is 5.10. The zero-order valence-corrected chi connectivity index (χ0v) is 11.8. The van der Waals surface area contributed by atoms with Gasteiger partial charge in [0.2, 0.25) is 0 Å². The van der Waals surface area contributed by atoms with E-state index in [9.17, 15) is 13.2 Å². The van der Waals surface area contributed by atoms with Crippen LogP contribution in [0.2, 0.25) is 5.02 Å². The third kappa shape index (κ3) is 6.16. The number of alkyl halides is 3. The van der Waals surface area contributed by atoms with Crippen molar-refractivity contribution < 1.29 is 17.9 Å². The van der Waals surface area contributed by atoms with Crippen LogP contribution in [0.5, 0.6) is 0 Å². The van der Waals surface area contributed by atoms with Crippen molar-refractivity contribution in [3.8, 4) is 0 Å². The van der Waals surface area contributed by atoms with E-state index in [4.69, 9.17) is 16.3 Å². The van der Waals surface area contributed by atoms with Crippen molar-refractivity contribution >= 4 is 17.3 Å². The first-order valence-electron chi connectivity index (χ1n) is 5.83. The molecule has 108 valence electrons. The second-order valence-corrected chi connectivity index (χ2v) is 5.55. The monoisotopic (exact) mass is 295 g/mol. The van der Waals surface area contributed by atoms with Crippen LogP contribution in [0.25, 0.3) is 0 Å². The summed E-state index contributed by atoms with van der Waals surface area (Å²) in [6, 6.07) is 3.38. The van der Waals surface area contributed by atoms with Crippen molar-refractivity contribution in [2.75, 3.05) is 18.5 Å². The van der Waals surface area contributed by atoms with Gasteiger partial charge in [-0.2, -0.15) is 13.2 Å². The van der Waals surface area contributed by atoms with Gasteiger partial charge in [-0.05, 0) is 39.0 Å². The molecule has 0 aliphatic rings. The van der Waals surface area contributed by atoms with E-state index in [1.807, 2.05) is 20.8 Å². The minimum Gasteiger partial charge on any atom is -0.383 e. The molecule has 0 saturated heterocycles. The fourth-order valence-corrected chi connectivity index (χ4v) is 1.64. The molecule has 0 aromatic heterocycles. The lowest BCUT2D eigenvalue weighted by Gasteiger charge is -2.20. The Labute approximate surface area is 115 Å².